The van der Waals surface area contributed by atoms with E-state index in [0.29, 0.717) is 60.7 Å². The summed E-state index contributed by atoms with van der Waals surface area (Å²) in [5.74, 6) is 1.18. The number of nitriles is 1. The monoisotopic (exact) mass is 563 g/mol. The van der Waals surface area contributed by atoms with Gasteiger partial charge in [0, 0.05) is 28.2 Å². The van der Waals surface area contributed by atoms with Crippen LogP contribution in [0.15, 0.2) is 71.2 Å². The predicted molar refractivity (Wildman–Crippen MR) is 141 cm³/mol. The van der Waals surface area contributed by atoms with Crippen molar-refractivity contribution in [1.82, 2.24) is 10.6 Å². The first-order valence-electron chi connectivity index (χ1n) is 11.9. The van der Waals surface area contributed by atoms with Gasteiger partial charge in [-0.05, 0) is 79.8 Å². The maximum absolute atomic E-state index is 13.2. The summed E-state index contributed by atoms with van der Waals surface area (Å²) in [5.41, 5.74) is 1.88. The van der Waals surface area contributed by atoms with Gasteiger partial charge in [0.15, 0.2) is 0 Å². The van der Waals surface area contributed by atoms with Gasteiger partial charge in [0.05, 0.1) is 11.6 Å². The number of carboxylic acid groups (broad SMARTS) is 1. The third kappa shape index (κ3) is 7.72. The van der Waals surface area contributed by atoms with Crippen molar-refractivity contribution < 1.29 is 24.2 Å². The molecule has 9 heteroatoms. The first-order valence-corrected chi connectivity index (χ1v) is 12.7. The van der Waals surface area contributed by atoms with Crippen LogP contribution >= 0.6 is 15.9 Å². The number of nitrogens with zero attached hydrogens (tertiary/aromatic N) is 1. The molecular weight excluding hydrogens is 538 g/mol. The molecule has 2 amide bonds. The van der Waals surface area contributed by atoms with Crippen molar-refractivity contribution in [2.45, 2.75) is 44.4 Å². The number of carbonyl (C=O) groups excluding carboxylic acids is 1. The second kappa shape index (κ2) is 12.3. The number of amides is 2. The SMILES string of the molecule is N#Cc1ccc(Oc2cc(OCc3ccc(Br)cc3)cc(C(=O)NC3CCC(NC(=O)O)CC3)c2)cc1. The van der Waals surface area contributed by atoms with E-state index in [2.05, 4.69) is 32.6 Å². The van der Waals surface area contributed by atoms with Crippen LogP contribution in [0.25, 0.3) is 0 Å². The topological polar surface area (TPSA) is 121 Å². The molecule has 1 fully saturated rings. The Morgan fingerprint density at radius 2 is 1.51 bits per heavy atom. The normalized spacial score (nSPS) is 16.8. The van der Waals surface area contributed by atoms with E-state index in [9.17, 15) is 9.59 Å². The van der Waals surface area contributed by atoms with Crippen LogP contribution in [0.1, 0.15) is 47.2 Å². The molecule has 0 unspecified atom stereocenters. The van der Waals surface area contributed by atoms with Crippen molar-refractivity contribution in [3.63, 3.8) is 0 Å². The second-order valence-electron chi connectivity index (χ2n) is 8.82. The molecule has 8 nitrogen and oxygen atoms in total. The fourth-order valence-corrected chi connectivity index (χ4v) is 4.42. The van der Waals surface area contributed by atoms with E-state index in [4.69, 9.17) is 19.8 Å². The van der Waals surface area contributed by atoms with Crippen molar-refractivity contribution in [1.29, 1.82) is 5.26 Å². The molecule has 0 aliphatic heterocycles. The molecule has 1 aliphatic carbocycles. The Morgan fingerprint density at radius 1 is 0.892 bits per heavy atom. The van der Waals surface area contributed by atoms with Gasteiger partial charge in [-0.1, -0.05) is 28.1 Å². The first kappa shape index (κ1) is 26.0. The second-order valence-corrected chi connectivity index (χ2v) is 9.73. The van der Waals surface area contributed by atoms with Crippen molar-refractivity contribution in [2.24, 2.45) is 0 Å². The van der Waals surface area contributed by atoms with Gasteiger partial charge in [0.1, 0.15) is 23.9 Å². The lowest BCUT2D eigenvalue weighted by atomic mass is 9.91. The minimum absolute atomic E-state index is 0.0467. The summed E-state index contributed by atoms with van der Waals surface area (Å²) in [5, 5.41) is 23.5. The highest BCUT2D eigenvalue weighted by molar-refractivity contribution is 9.10. The van der Waals surface area contributed by atoms with E-state index in [0.717, 1.165) is 10.0 Å². The zero-order valence-corrected chi connectivity index (χ0v) is 21.5. The maximum Gasteiger partial charge on any atom is 0.404 e. The summed E-state index contributed by atoms with van der Waals surface area (Å²) in [4.78, 5) is 24.0. The number of nitrogens with one attached hydrogen (secondary N) is 2. The molecule has 0 heterocycles. The molecule has 4 rings (SSSR count). The minimum atomic E-state index is -1.03. The van der Waals surface area contributed by atoms with Crippen molar-refractivity contribution >= 4 is 27.9 Å². The van der Waals surface area contributed by atoms with Crippen LogP contribution in [0.5, 0.6) is 17.2 Å². The Balaban J connectivity index is 1.48. The van der Waals surface area contributed by atoms with Gasteiger partial charge < -0.3 is 25.2 Å². The zero-order chi connectivity index (χ0) is 26.2. The molecular formula is C28H26BrN3O5. The molecule has 1 aliphatic rings. The summed E-state index contributed by atoms with van der Waals surface area (Å²) < 4.78 is 12.9. The van der Waals surface area contributed by atoms with Crippen LogP contribution in [0.2, 0.25) is 0 Å². The zero-order valence-electron chi connectivity index (χ0n) is 19.9. The fraction of sp³-hybridized carbons (Fsp3) is 0.250. The molecule has 0 spiro atoms. The molecule has 0 aromatic heterocycles. The Kier molecular flexibility index (Phi) is 8.64. The van der Waals surface area contributed by atoms with Gasteiger partial charge in [-0.3, -0.25) is 4.79 Å². The largest absolute Gasteiger partial charge is 0.489 e. The molecule has 37 heavy (non-hydrogen) atoms. The third-order valence-electron chi connectivity index (χ3n) is 6.07. The molecule has 190 valence electrons. The Morgan fingerprint density at radius 3 is 2.14 bits per heavy atom. The number of carbonyl (C=O) groups is 2. The van der Waals surface area contributed by atoms with E-state index in [1.54, 1.807) is 42.5 Å². The predicted octanol–water partition coefficient (Wildman–Crippen LogP) is 6.00. The average molecular weight is 564 g/mol. The minimum Gasteiger partial charge on any atom is -0.489 e. The van der Waals surface area contributed by atoms with Gasteiger partial charge in [0.25, 0.3) is 5.91 Å². The quantitative estimate of drug-likeness (QED) is 0.309. The smallest absolute Gasteiger partial charge is 0.404 e. The lowest BCUT2D eigenvalue weighted by Crippen LogP contribution is -2.43. The van der Waals surface area contributed by atoms with E-state index in [-0.39, 0.29) is 18.0 Å². The highest BCUT2D eigenvalue weighted by Gasteiger charge is 2.24. The Labute approximate surface area is 223 Å². The Hall–Kier alpha value is -4.03. The standard InChI is InChI=1S/C28H26BrN3O5/c29-21-5-1-19(2-6-21)17-36-25-13-20(14-26(15-25)37-24-11-3-18(16-30)4-12-24)27(33)31-22-7-9-23(10-8-22)32-28(34)35/h1-6,11-15,22-23,32H,7-10,17H2,(H,31,33)(H,34,35). The van der Waals surface area contributed by atoms with Crippen molar-refractivity contribution in [3.05, 3.63) is 87.9 Å². The van der Waals surface area contributed by atoms with Gasteiger partial charge in [-0.15, -0.1) is 0 Å². The number of benzene rings is 3. The maximum atomic E-state index is 13.2. The van der Waals surface area contributed by atoms with Crippen LogP contribution in [-0.2, 0) is 6.61 Å². The third-order valence-corrected chi connectivity index (χ3v) is 6.60. The number of halogens is 1. The van der Waals surface area contributed by atoms with Gasteiger partial charge in [0.2, 0.25) is 0 Å². The summed E-state index contributed by atoms with van der Waals surface area (Å²) in [7, 11) is 0. The van der Waals surface area contributed by atoms with E-state index < -0.39 is 6.09 Å². The van der Waals surface area contributed by atoms with Crippen LogP contribution in [0, 0.1) is 11.3 Å². The van der Waals surface area contributed by atoms with Crippen LogP contribution in [0.3, 0.4) is 0 Å². The number of hydrogen-bond acceptors (Lipinski definition) is 5. The summed E-state index contributed by atoms with van der Waals surface area (Å²) >= 11 is 3.42. The first-order chi connectivity index (χ1) is 17.9. The summed E-state index contributed by atoms with van der Waals surface area (Å²) in [6.07, 6.45) is 1.68. The van der Waals surface area contributed by atoms with Gasteiger partial charge in [-0.25, -0.2) is 4.79 Å². The summed E-state index contributed by atoms with van der Waals surface area (Å²) in [6, 6.07) is 21.5. The molecule has 3 N–H and O–H groups in total. The van der Waals surface area contributed by atoms with Crippen LogP contribution in [-0.4, -0.2) is 29.2 Å². The van der Waals surface area contributed by atoms with E-state index in [1.807, 2.05) is 24.3 Å². The molecule has 0 atom stereocenters. The highest BCUT2D eigenvalue weighted by atomic mass is 79.9. The Bertz CT molecular complexity index is 1280. The van der Waals surface area contributed by atoms with Crippen LogP contribution < -0.4 is 20.1 Å². The fourth-order valence-electron chi connectivity index (χ4n) is 4.15. The average Bonchev–Trinajstić information content (AvgIpc) is 2.89. The number of ether oxygens (including phenoxy) is 2. The van der Waals surface area contributed by atoms with E-state index >= 15 is 0 Å². The van der Waals surface area contributed by atoms with Crippen molar-refractivity contribution in [2.75, 3.05) is 0 Å². The molecule has 0 saturated heterocycles. The number of hydrogen-bond donors (Lipinski definition) is 3. The van der Waals surface area contributed by atoms with Crippen LogP contribution in [0.4, 0.5) is 4.79 Å². The van der Waals surface area contributed by atoms with Gasteiger partial charge >= 0.3 is 6.09 Å². The molecule has 0 radical (unpaired) electrons. The number of rotatable bonds is 8. The lowest BCUT2D eigenvalue weighted by molar-refractivity contribution is 0.0922. The molecule has 0 bridgehead atoms. The highest BCUT2D eigenvalue weighted by Crippen LogP contribution is 2.29. The lowest BCUT2D eigenvalue weighted by Gasteiger charge is -2.29. The van der Waals surface area contributed by atoms with Gasteiger partial charge in [-0.2, -0.15) is 5.26 Å². The summed E-state index contributed by atoms with van der Waals surface area (Å²) in [6.45, 7) is 0.315. The van der Waals surface area contributed by atoms with E-state index in [1.165, 1.54) is 0 Å². The molecule has 3 aromatic rings. The molecule has 1 saturated carbocycles. The molecule has 3 aromatic carbocycles. The van der Waals surface area contributed by atoms with Crippen molar-refractivity contribution in [3.8, 4) is 23.3 Å².